The number of nitrogens with zero attached hydrogens (tertiary/aromatic N) is 2. The highest BCUT2D eigenvalue weighted by Crippen LogP contribution is 2.45. The topological polar surface area (TPSA) is 29.3 Å². The monoisotopic (exact) mass is 638 g/mol. The number of hydrogen-bond acceptors (Lipinski definition) is 3. The molecular weight excluding hydrogens is 609 g/mol. The van der Waals surface area contributed by atoms with E-state index in [0.29, 0.717) is 0 Å². The molecule has 8 aromatic carbocycles. The lowest BCUT2D eigenvalue weighted by atomic mass is 9.97. The summed E-state index contributed by atoms with van der Waals surface area (Å²) >= 11 is 0. The van der Waals surface area contributed by atoms with E-state index in [0.717, 1.165) is 61.2 Å². The summed E-state index contributed by atoms with van der Waals surface area (Å²) in [5.41, 5.74) is 11.3. The highest BCUT2D eigenvalue weighted by atomic mass is 16.3. The highest BCUT2D eigenvalue weighted by molar-refractivity contribution is 6.09. The summed E-state index contributed by atoms with van der Waals surface area (Å²) in [6.07, 6.45) is 0. The molecule has 0 bridgehead atoms. The Balaban J connectivity index is 1.20. The second kappa shape index (κ2) is 11.5. The van der Waals surface area contributed by atoms with Gasteiger partial charge in [-0.25, -0.2) is 4.98 Å². The van der Waals surface area contributed by atoms with Crippen LogP contribution in [0.5, 0.6) is 0 Å². The fourth-order valence-corrected chi connectivity index (χ4v) is 7.44. The van der Waals surface area contributed by atoms with Crippen molar-refractivity contribution in [1.82, 2.24) is 4.98 Å². The van der Waals surface area contributed by atoms with Gasteiger partial charge in [-0.15, -0.1) is 0 Å². The van der Waals surface area contributed by atoms with Crippen LogP contribution >= 0.6 is 0 Å². The van der Waals surface area contributed by atoms with Crippen LogP contribution in [0.1, 0.15) is 0 Å². The first kappa shape index (κ1) is 28.3. The van der Waals surface area contributed by atoms with Crippen LogP contribution in [0.25, 0.3) is 76.8 Å². The van der Waals surface area contributed by atoms with Gasteiger partial charge in [0.15, 0.2) is 5.58 Å². The quantitative estimate of drug-likeness (QED) is 0.188. The molecule has 0 radical (unpaired) electrons. The molecular formula is C47H30N2O. The average Bonchev–Trinajstić information content (AvgIpc) is 3.55. The molecule has 3 heteroatoms. The number of benzene rings is 8. The zero-order chi connectivity index (χ0) is 33.0. The maximum Gasteiger partial charge on any atom is 0.154 e. The fraction of sp³-hybridized carbons (Fsp3) is 0. The maximum atomic E-state index is 6.36. The van der Waals surface area contributed by atoms with Crippen molar-refractivity contribution in [2.24, 2.45) is 0 Å². The number of furan rings is 1. The first-order valence-electron chi connectivity index (χ1n) is 17.0. The lowest BCUT2D eigenvalue weighted by molar-refractivity contribution is 0.669. The van der Waals surface area contributed by atoms with Gasteiger partial charge in [0.05, 0.1) is 16.9 Å². The molecule has 10 rings (SSSR count). The minimum absolute atomic E-state index is 0.778. The van der Waals surface area contributed by atoms with Crippen LogP contribution in [0.3, 0.4) is 0 Å². The van der Waals surface area contributed by atoms with Crippen LogP contribution in [0.15, 0.2) is 186 Å². The van der Waals surface area contributed by atoms with E-state index in [-0.39, 0.29) is 0 Å². The van der Waals surface area contributed by atoms with Crippen molar-refractivity contribution < 1.29 is 4.42 Å². The average molecular weight is 639 g/mol. The van der Waals surface area contributed by atoms with Gasteiger partial charge in [-0.2, -0.15) is 0 Å². The van der Waals surface area contributed by atoms with Crippen LogP contribution < -0.4 is 4.90 Å². The molecule has 0 amide bonds. The Morgan fingerprint density at radius 1 is 0.400 bits per heavy atom. The molecule has 3 nitrogen and oxygen atoms in total. The zero-order valence-corrected chi connectivity index (χ0v) is 27.1. The number of pyridine rings is 1. The Hall–Kier alpha value is -6.71. The number of anilines is 3. The minimum atomic E-state index is 0.778. The molecule has 50 heavy (non-hydrogen) atoms. The first-order valence-corrected chi connectivity index (χ1v) is 17.0. The maximum absolute atomic E-state index is 6.36. The van der Waals surface area contributed by atoms with Crippen LogP contribution in [-0.4, -0.2) is 4.98 Å². The molecule has 234 valence electrons. The molecule has 0 aliphatic heterocycles. The Morgan fingerprint density at radius 3 is 1.96 bits per heavy atom. The van der Waals surface area contributed by atoms with E-state index in [1.165, 1.54) is 32.7 Å². The summed E-state index contributed by atoms with van der Waals surface area (Å²) in [5.74, 6) is 0. The third-order valence-corrected chi connectivity index (χ3v) is 9.84. The van der Waals surface area contributed by atoms with E-state index in [2.05, 4.69) is 169 Å². The number of hydrogen-bond donors (Lipinski definition) is 0. The van der Waals surface area contributed by atoms with Crippen molar-refractivity contribution in [2.75, 3.05) is 4.90 Å². The molecule has 0 aliphatic rings. The highest BCUT2D eigenvalue weighted by Gasteiger charge is 2.21. The van der Waals surface area contributed by atoms with Gasteiger partial charge in [-0.3, -0.25) is 0 Å². The molecule has 2 heterocycles. The summed E-state index contributed by atoms with van der Waals surface area (Å²) in [6.45, 7) is 0. The van der Waals surface area contributed by atoms with Crippen LogP contribution in [0.4, 0.5) is 17.1 Å². The lowest BCUT2D eigenvalue weighted by Crippen LogP contribution is -2.12. The lowest BCUT2D eigenvalue weighted by Gasteiger charge is -2.29. The molecule has 0 N–H and O–H groups in total. The molecule has 2 aromatic heterocycles. The number of aromatic nitrogens is 1. The molecule has 0 atom stereocenters. The van der Waals surface area contributed by atoms with E-state index in [4.69, 9.17) is 9.40 Å². The van der Waals surface area contributed by atoms with Gasteiger partial charge >= 0.3 is 0 Å². The third-order valence-electron chi connectivity index (χ3n) is 9.84. The van der Waals surface area contributed by atoms with Crippen molar-refractivity contribution in [1.29, 1.82) is 0 Å². The Morgan fingerprint density at radius 2 is 1.06 bits per heavy atom. The van der Waals surface area contributed by atoms with E-state index < -0.39 is 0 Å². The summed E-state index contributed by atoms with van der Waals surface area (Å²) in [7, 11) is 0. The minimum Gasteiger partial charge on any atom is -0.454 e. The van der Waals surface area contributed by atoms with Gasteiger partial charge in [-0.1, -0.05) is 127 Å². The SMILES string of the molecule is c1ccc(N(c2ccc(-c3cccc4ccccc34)cc2)c2cccc3nc4c(cc23)oc2ccccc24)c(-c2ccc3ccccc3c2)c1. The summed E-state index contributed by atoms with van der Waals surface area (Å²) in [6, 6.07) is 64.7. The predicted octanol–water partition coefficient (Wildman–Crippen LogP) is 13.2. The van der Waals surface area contributed by atoms with Crippen LogP contribution in [-0.2, 0) is 0 Å². The van der Waals surface area contributed by atoms with Crippen molar-refractivity contribution in [3.63, 3.8) is 0 Å². The second-order valence-corrected chi connectivity index (χ2v) is 12.8. The van der Waals surface area contributed by atoms with E-state index in [1.807, 2.05) is 18.2 Å². The standard InChI is InChI=1S/C47H30N2O/c1-2-13-34-29-35(24-23-31(34)11-1)39-16-5-7-20-43(39)49(36-27-25-33(26-28-36)38-18-9-14-32-12-3-4-15-37(32)38)44-21-10-19-42-41(44)30-46-47(48-42)40-17-6-8-22-45(40)50-46/h1-30H. The van der Waals surface area contributed by atoms with Gasteiger partial charge in [0, 0.05) is 22.0 Å². The Kier molecular flexibility index (Phi) is 6.49. The van der Waals surface area contributed by atoms with Crippen molar-refractivity contribution in [2.45, 2.75) is 0 Å². The van der Waals surface area contributed by atoms with Gasteiger partial charge in [0.25, 0.3) is 0 Å². The second-order valence-electron chi connectivity index (χ2n) is 12.8. The fourth-order valence-electron chi connectivity index (χ4n) is 7.44. The molecule has 0 saturated carbocycles. The summed E-state index contributed by atoms with van der Waals surface area (Å²) in [5, 5.41) is 6.97. The third kappa shape index (κ3) is 4.63. The Bertz CT molecular complexity index is 2880. The number of para-hydroxylation sites is 2. The summed E-state index contributed by atoms with van der Waals surface area (Å²) < 4.78 is 6.36. The van der Waals surface area contributed by atoms with E-state index in [1.54, 1.807) is 0 Å². The largest absolute Gasteiger partial charge is 0.454 e. The molecule has 0 fully saturated rings. The van der Waals surface area contributed by atoms with Crippen molar-refractivity contribution >= 4 is 71.6 Å². The van der Waals surface area contributed by atoms with Crippen molar-refractivity contribution in [3.8, 4) is 22.3 Å². The van der Waals surface area contributed by atoms with E-state index in [9.17, 15) is 0 Å². The molecule has 0 unspecified atom stereocenters. The number of rotatable bonds is 5. The number of fused-ring (bicyclic) bond motifs is 6. The first-order chi connectivity index (χ1) is 24.8. The molecule has 0 spiro atoms. The van der Waals surface area contributed by atoms with Gasteiger partial charge < -0.3 is 9.32 Å². The smallest absolute Gasteiger partial charge is 0.154 e. The van der Waals surface area contributed by atoms with Crippen LogP contribution in [0.2, 0.25) is 0 Å². The predicted molar refractivity (Wildman–Crippen MR) is 210 cm³/mol. The summed E-state index contributed by atoms with van der Waals surface area (Å²) in [4.78, 5) is 7.54. The molecule has 10 aromatic rings. The Labute approximate surface area is 289 Å². The van der Waals surface area contributed by atoms with Gasteiger partial charge in [0.2, 0.25) is 0 Å². The van der Waals surface area contributed by atoms with E-state index >= 15 is 0 Å². The van der Waals surface area contributed by atoms with Gasteiger partial charge in [0.1, 0.15) is 11.1 Å². The zero-order valence-electron chi connectivity index (χ0n) is 27.1. The normalized spacial score (nSPS) is 11.6. The van der Waals surface area contributed by atoms with Crippen molar-refractivity contribution in [3.05, 3.63) is 182 Å². The molecule has 0 saturated heterocycles. The molecule has 0 aliphatic carbocycles. The van der Waals surface area contributed by atoms with Gasteiger partial charge in [-0.05, 0) is 92.8 Å². The van der Waals surface area contributed by atoms with Crippen LogP contribution in [0, 0.1) is 0 Å².